The average Bonchev–Trinajstić information content (AvgIpc) is 2.48. The lowest BCUT2D eigenvalue weighted by Crippen LogP contribution is -2.07. The Bertz CT molecular complexity index is 597. The van der Waals surface area contributed by atoms with Gasteiger partial charge in [-0.25, -0.2) is 0 Å². The monoisotopic (exact) mass is 272 g/mol. The van der Waals surface area contributed by atoms with Crippen molar-refractivity contribution in [1.29, 1.82) is 0 Å². The van der Waals surface area contributed by atoms with Crippen molar-refractivity contribution in [1.82, 2.24) is 10.3 Å². The van der Waals surface area contributed by atoms with E-state index in [0.29, 0.717) is 0 Å². The molecule has 0 fully saturated rings. The quantitative estimate of drug-likeness (QED) is 0.909. The van der Waals surface area contributed by atoms with Crippen LogP contribution in [0.2, 0.25) is 0 Å². The summed E-state index contributed by atoms with van der Waals surface area (Å²) in [7, 11) is 5.24. The number of rotatable bonds is 5. The Kier molecular flexibility index (Phi) is 4.58. The first kappa shape index (κ1) is 14.3. The topological polar surface area (TPSA) is 43.4 Å². The van der Waals surface area contributed by atoms with Crippen LogP contribution in [0.4, 0.5) is 0 Å². The van der Waals surface area contributed by atoms with Gasteiger partial charge in [0.2, 0.25) is 0 Å². The van der Waals surface area contributed by atoms with Crippen molar-refractivity contribution in [3.8, 4) is 22.8 Å². The molecular formula is C16H20N2O2. The second-order valence-corrected chi connectivity index (χ2v) is 4.54. The third kappa shape index (κ3) is 2.91. The van der Waals surface area contributed by atoms with Crippen molar-refractivity contribution in [2.75, 3.05) is 21.3 Å². The van der Waals surface area contributed by atoms with Crippen molar-refractivity contribution in [3.05, 3.63) is 41.6 Å². The molecule has 20 heavy (non-hydrogen) atoms. The molecule has 0 saturated heterocycles. The van der Waals surface area contributed by atoms with E-state index >= 15 is 0 Å². The maximum Gasteiger partial charge on any atom is 0.128 e. The molecule has 0 aliphatic heterocycles. The van der Waals surface area contributed by atoms with E-state index in [9.17, 15) is 0 Å². The minimum absolute atomic E-state index is 0.791. The van der Waals surface area contributed by atoms with E-state index in [1.165, 1.54) is 5.56 Å². The molecular weight excluding hydrogens is 252 g/mol. The Morgan fingerprint density at radius 3 is 2.50 bits per heavy atom. The van der Waals surface area contributed by atoms with E-state index < -0.39 is 0 Å². The van der Waals surface area contributed by atoms with Crippen LogP contribution in [0.1, 0.15) is 11.3 Å². The number of nitrogens with zero attached hydrogens (tertiary/aromatic N) is 1. The van der Waals surface area contributed by atoms with Crippen molar-refractivity contribution in [3.63, 3.8) is 0 Å². The second-order valence-electron chi connectivity index (χ2n) is 4.54. The molecule has 0 amide bonds. The van der Waals surface area contributed by atoms with E-state index in [2.05, 4.69) is 16.4 Å². The molecule has 0 radical (unpaired) electrons. The summed E-state index contributed by atoms with van der Waals surface area (Å²) in [5, 5.41) is 3.14. The molecule has 0 atom stereocenters. The first-order chi connectivity index (χ1) is 9.69. The lowest BCUT2D eigenvalue weighted by molar-refractivity contribution is 0.404. The highest BCUT2D eigenvalue weighted by Crippen LogP contribution is 2.32. The number of nitrogens with one attached hydrogen (secondary N) is 1. The Morgan fingerprint density at radius 2 is 1.90 bits per heavy atom. The smallest absolute Gasteiger partial charge is 0.128 e. The van der Waals surface area contributed by atoms with Gasteiger partial charge in [0, 0.05) is 17.8 Å². The van der Waals surface area contributed by atoms with Crippen LogP contribution in [0.5, 0.6) is 11.5 Å². The molecule has 4 heteroatoms. The summed E-state index contributed by atoms with van der Waals surface area (Å²) >= 11 is 0. The molecule has 0 aliphatic rings. The average molecular weight is 272 g/mol. The number of aromatic nitrogens is 1. The van der Waals surface area contributed by atoms with Crippen molar-refractivity contribution < 1.29 is 9.47 Å². The zero-order chi connectivity index (χ0) is 14.5. The van der Waals surface area contributed by atoms with Gasteiger partial charge < -0.3 is 14.8 Å². The lowest BCUT2D eigenvalue weighted by atomic mass is 10.1. The summed E-state index contributed by atoms with van der Waals surface area (Å²) < 4.78 is 10.7. The van der Waals surface area contributed by atoms with Gasteiger partial charge in [0.15, 0.2) is 0 Å². The number of methoxy groups -OCH3 is 2. The maximum absolute atomic E-state index is 5.41. The molecule has 0 spiro atoms. The Balaban J connectivity index is 2.47. The van der Waals surface area contributed by atoms with Crippen LogP contribution in [0.15, 0.2) is 30.3 Å². The van der Waals surface area contributed by atoms with Gasteiger partial charge in [-0.1, -0.05) is 6.07 Å². The SMILES string of the molecule is CNCc1ccc(-c2cc(OC)ccc2OC)nc1C. The van der Waals surface area contributed by atoms with E-state index in [-0.39, 0.29) is 0 Å². The fourth-order valence-corrected chi connectivity index (χ4v) is 2.13. The standard InChI is InChI=1S/C16H20N2O2/c1-11-12(10-17-2)5-7-15(18-11)14-9-13(19-3)6-8-16(14)20-4/h5-9,17H,10H2,1-4H3. The van der Waals surface area contributed by atoms with Gasteiger partial charge in [0.25, 0.3) is 0 Å². The van der Waals surface area contributed by atoms with E-state index in [1.807, 2.05) is 38.2 Å². The predicted molar refractivity (Wildman–Crippen MR) is 80.3 cm³/mol. The highest BCUT2D eigenvalue weighted by atomic mass is 16.5. The molecule has 0 bridgehead atoms. The highest BCUT2D eigenvalue weighted by molar-refractivity contribution is 5.69. The van der Waals surface area contributed by atoms with Crippen LogP contribution in [-0.4, -0.2) is 26.3 Å². The summed E-state index contributed by atoms with van der Waals surface area (Å²) in [5.41, 5.74) is 4.03. The Morgan fingerprint density at radius 1 is 1.10 bits per heavy atom. The first-order valence-electron chi connectivity index (χ1n) is 6.53. The van der Waals surface area contributed by atoms with Crippen molar-refractivity contribution in [2.24, 2.45) is 0 Å². The minimum Gasteiger partial charge on any atom is -0.497 e. The molecule has 2 rings (SSSR count). The Hall–Kier alpha value is -2.07. The molecule has 4 nitrogen and oxygen atoms in total. The van der Waals surface area contributed by atoms with E-state index in [0.717, 1.165) is 35.0 Å². The highest BCUT2D eigenvalue weighted by Gasteiger charge is 2.10. The molecule has 1 aromatic carbocycles. The van der Waals surface area contributed by atoms with Gasteiger partial charge in [-0.05, 0) is 43.8 Å². The Labute approximate surface area is 119 Å². The normalized spacial score (nSPS) is 10.4. The van der Waals surface area contributed by atoms with Gasteiger partial charge in [0.1, 0.15) is 11.5 Å². The molecule has 106 valence electrons. The van der Waals surface area contributed by atoms with Crippen molar-refractivity contribution in [2.45, 2.75) is 13.5 Å². The number of ether oxygens (including phenoxy) is 2. The fourth-order valence-electron chi connectivity index (χ4n) is 2.13. The van der Waals surface area contributed by atoms with Gasteiger partial charge >= 0.3 is 0 Å². The van der Waals surface area contributed by atoms with Gasteiger partial charge in [0.05, 0.1) is 19.9 Å². The molecule has 1 aromatic heterocycles. The lowest BCUT2D eigenvalue weighted by Gasteiger charge is -2.12. The van der Waals surface area contributed by atoms with Crippen LogP contribution in [-0.2, 0) is 6.54 Å². The molecule has 0 unspecified atom stereocenters. The molecule has 0 aliphatic carbocycles. The number of benzene rings is 1. The zero-order valence-corrected chi connectivity index (χ0v) is 12.4. The van der Waals surface area contributed by atoms with Crippen LogP contribution >= 0.6 is 0 Å². The summed E-state index contributed by atoms with van der Waals surface area (Å²) in [4.78, 5) is 4.67. The van der Waals surface area contributed by atoms with Crippen LogP contribution < -0.4 is 14.8 Å². The van der Waals surface area contributed by atoms with Gasteiger partial charge in [-0.15, -0.1) is 0 Å². The number of hydrogen-bond acceptors (Lipinski definition) is 4. The third-order valence-corrected chi connectivity index (χ3v) is 3.25. The van der Waals surface area contributed by atoms with E-state index in [1.54, 1.807) is 14.2 Å². The van der Waals surface area contributed by atoms with Gasteiger partial charge in [-0.2, -0.15) is 0 Å². The predicted octanol–water partition coefficient (Wildman–Crippen LogP) is 2.79. The largest absolute Gasteiger partial charge is 0.497 e. The zero-order valence-electron chi connectivity index (χ0n) is 12.4. The van der Waals surface area contributed by atoms with Gasteiger partial charge in [-0.3, -0.25) is 4.98 Å². The summed E-state index contributed by atoms with van der Waals surface area (Å²) in [6, 6.07) is 9.82. The second kappa shape index (κ2) is 6.39. The number of hydrogen-bond donors (Lipinski definition) is 1. The van der Waals surface area contributed by atoms with E-state index in [4.69, 9.17) is 9.47 Å². The van der Waals surface area contributed by atoms with Crippen LogP contribution in [0, 0.1) is 6.92 Å². The van der Waals surface area contributed by atoms with Crippen LogP contribution in [0.25, 0.3) is 11.3 Å². The number of aryl methyl sites for hydroxylation is 1. The summed E-state index contributed by atoms with van der Waals surface area (Å²) in [6.07, 6.45) is 0. The van der Waals surface area contributed by atoms with Crippen LogP contribution in [0.3, 0.4) is 0 Å². The first-order valence-corrected chi connectivity index (χ1v) is 6.53. The molecule has 1 N–H and O–H groups in total. The maximum atomic E-state index is 5.41. The third-order valence-electron chi connectivity index (χ3n) is 3.25. The fraction of sp³-hybridized carbons (Fsp3) is 0.312. The minimum atomic E-state index is 0.791. The van der Waals surface area contributed by atoms with Crippen molar-refractivity contribution >= 4 is 0 Å². The molecule has 1 heterocycles. The molecule has 2 aromatic rings. The summed E-state index contributed by atoms with van der Waals surface area (Å²) in [6.45, 7) is 2.83. The number of pyridine rings is 1. The molecule has 0 saturated carbocycles. The summed E-state index contributed by atoms with van der Waals surface area (Å²) in [5.74, 6) is 1.58.